The Bertz CT molecular complexity index is 822. The van der Waals surface area contributed by atoms with Gasteiger partial charge in [0.15, 0.2) is 0 Å². The first-order valence-electron chi connectivity index (χ1n) is 8.15. The molecule has 2 aliphatic heterocycles. The fraction of sp³-hybridized carbons (Fsp3) is 0.278. The molecule has 2 aromatic rings. The van der Waals surface area contributed by atoms with Gasteiger partial charge >= 0.3 is 0 Å². The summed E-state index contributed by atoms with van der Waals surface area (Å²) in [5, 5.41) is 11.5. The second-order valence-electron chi connectivity index (χ2n) is 6.30. The van der Waals surface area contributed by atoms with E-state index in [1.54, 1.807) is 29.2 Å². The van der Waals surface area contributed by atoms with E-state index < -0.39 is 4.92 Å². The Hall–Kier alpha value is -2.44. The van der Waals surface area contributed by atoms with Gasteiger partial charge < -0.3 is 0 Å². The van der Waals surface area contributed by atoms with E-state index in [2.05, 4.69) is 4.90 Å². The minimum Gasteiger partial charge on any atom is -0.291 e. The molecular formula is C18H16ClN3O3. The van der Waals surface area contributed by atoms with E-state index in [0.29, 0.717) is 5.02 Å². The summed E-state index contributed by atoms with van der Waals surface area (Å²) < 4.78 is 0. The monoisotopic (exact) mass is 357 g/mol. The number of rotatable bonds is 3. The van der Waals surface area contributed by atoms with Crippen molar-refractivity contribution in [2.24, 2.45) is 0 Å². The number of anilines is 1. The molecule has 25 heavy (non-hydrogen) atoms. The molecule has 1 amide bonds. The number of non-ortho nitro benzene ring substituents is 1. The lowest BCUT2D eigenvalue weighted by Gasteiger charge is -2.29. The van der Waals surface area contributed by atoms with E-state index in [1.165, 1.54) is 12.1 Å². The second-order valence-corrected chi connectivity index (χ2v) is 6.74. The molecule has 2 heterocycles. The summed E-state index contributed by atoms with van der Waals surface area (Å²) in [6, 6.07) is 13.5. The molecule has 7 heteroatoms. The summed E-state index contributed by atoms with van der Waals surface area (Å²) in [7, 11) is 0. The van der Waals surface area contributed by atoms with Crippen LogP contribution in [0.15, 0.2) is 48.5 Å². The number of nitro benzene ring substituents is 1. The summed E-state index contributed by atoms with van der Waals surface area (Å²) in [5.74, 6) is 0.0724. The minimum absolute atomic E-state index is 0.0455. The van der Waals surface area contributed by atoms with Gasteiger partial charge in [-0.05, 0) is 54.8 Å². The zero-order chi connectivity index (χ0) is 17.6. The molecular weight excluding hydrogens is 342 g/mol. The Balaban J connectivity index is 1.76. The van der Waals surface area contributed by atoms with Crippen molar-refractivity contribution in [2.45, 2.75) is 25.0 Å². The van der Waals surface area contributed by atoms with Crippen LogP contribution >= 0.6 is 11.6 Å². The van der Waals surface area contributed by atoms with Crippen molar-refractivity contribution in [1.82, 2.24) is 4.90 Å². The maximum Gasteiger partial charge on any atom is 0.269 e. The topological polar surface area (TPSA) is 66.7 Å². The molecule has 6 nitrogen and oxygen atoms in total. The summed E-state index contributed by atoms with van der Waals surface area (Å²) in [5.41, 5.74) is 1.70. The second kappa shape index (κ2) is 6.13. The lowest BCUT2D eigenvalue weighted by Crippen LogP contribution is -2.32. The smallest absolute Gasteiger partial charge is 0.269 e. The molecule has 0 spiro atoms. The number of nitrogens with zero attached hydrogens (tertiary/aromatic N) is 3. The van der Waals surface area contributed by atoms with Crippen molar-refractivity contribution in [2.75, 3.05) is 11.4 Å². The average Bonchev–Trinajstić information content (AvgIpc) is 3.18. The number of carbonyl (C=O) groups is 1. The Morgan fingerprint density at radius 3 is 2.40 bits per heavy atom. The lowest BCUT2D eigenvalue weighted by atomic mass is 10.1. The maximum atomic E-state index is 13.0. The van der Waals surface area contributed by atoms with Gasteiger partial charge in [-0.1, -0.05) is 11.6 Å². The van der Waals surface area contributed by atoms with Crippen LogP contribution in [0, 0.1) is 10.1 Å². The molecule has 4 rings (SSSR count). The molecule has 0 saturated carbocycles. The third-order valence-electron chi connectivity index (χ3n) is 4.88. The Labute approximate surface area is 149 Å². The average molecular weight is 358 g/mol. The van der Waals surface area contributed by atoms with Crippen LogP contribution in [-0.4, -0.2) is 28.3 Å². The highest BCUT2D eigenvalue weighted by molar-refractivity contribution is 6.30. The number of amides is 1. The first-order valence-corrected chi connectivity index (χ1v) is 8.53. The van der Waals surface area contributed by atoms with Gasteiger partial charge in [-0.2, -0.15) is 0 Å². The number of benzene rings is 2. The highest BCUT2D eigenvalue weighted by Crippen LogP contribution is 2.42. The highest BCUT2D eigenvalue weighted by Gasteiger charge is 2.49. The van der Waals surface area contributed by atoms with Gasteiger partial charge in [0.1, 0.15) is 6.17 Å². The molecule has 2 aromatic carbocycles. The van der Waals surface area contributed by atoms with Crippen LogP contribution in [0.4, 0.5) is 11.4 Å². The van der Waals surface area contributed by atoms with E-state index in [-0.39, 0.29) is 23.8 Å². The number of hydrogen-bond acceptors (Lipinski definition) is 4. The van der Waals surface area contributed by atoms with Crippen molar-refractivity contribution in [3.63, 3.8) is 0 Å². The molecule has 0 N–H and O–H groups in total. The van der Waals surface area contributed by atoms with E-state index in [1.807, 2.05) is 12.1 Å². The molecule has 2 aliphatic rings. The van der Waals surface area contributed by atoms with Gasteiger partial charge in [-0.3, -0.25) is 24.7 Å². The molecule has 2 atom stereocenters. The predicted molar refractivity (Wildman–Crippen MR) is 94.5 cm³/mol. The Kier molecular flexibility index (Phi) is 3.94. The summed E-state index contributed by atoms with van der Waals surface area (Å²) in [6.07, 6.45) is 1.57. The van der Waals surface area contributed by atoms with Crippen LogP contribution in [0.25, 0.3) is 0 Å². The number of nitro groups is 1. The largest absolute Gasteiger partial charge is 0.291 e. The van der Waals surface area contributed by atoms with Crippen LogP contribution in [0.1, 0.15) is 24.6 Å². The maximum absolute atomic E-state index is 13.0. The Morgan fingerprint density at radius 2 is 1.76 bits per heavy atom. The van der Waals surface area contributed by atoms with Crippen molar-refractivity contribution in [1.29, 1.82) is 0 Å². The van der Waals surface area contributed by atoms with Gasteiger partial charge in [0, 0.05) is 29.4 Å². The molecule has 128 valence electrons. The summed E-state index contributed by atoms with van der Waals surface area (Å²) in [4.78, 5) is 27.4. The molecule has 0 unspecified atom stereocenters. The standard InChI is InChI=1S/C18H16ClN3O3/c19-13-5-9-14(10-6-13)21-17(20-11-1-2-16(20)18(21)23)12-3-7-15(8-4-12)22(24)25/h3-10,16-17H,1-2,11H2/t16-,17+/m0/s1. The molecule has 0 aromatic heterocycles. The van der Waals surface area contributed by atoms with E-state index in [4.69, 9.17) is 11.6 Å². The SMILES string of the molecule is O=C1[C@@H]2CCCN2[C@@H](c2ccc([N+](=O)[O-])cc2)N1c1ccc(Cl)cc1. The first kappa shape index (κ1) is 16.1. The minimum atomic E-state index is -0.417. The fourth-order valence-electron chi connectivity index (χ4n) is 3.76. The van der Waals surface area contributed by atoms with Gasteiger partial charge in [-0.25, -0.2) is 0 Å². The third-order valence-corrected chi connectivity index (χ3v) is 5.13. The van der Waals surface area contributed by atoms with Gasteiger partial charge in [0.05, 0.1) is 11.0 Å². The van der Waals surface area contributed by atoms with E-state index in [0.717, 1.165) is 30.6 Å². The summed E-state index contributed by atoms with van der Waals surface area (Å²) >= 11 is 5.97. The summed E-state index contributed by atoms with van der Waals surface area (Å²) in [6.45, 7) is 0.835. The Morgan fingerprint density at radius 1 is 1.08 bits per heavy atom. The normalized spacial score (nSPS) is 23.1. The molecule has 0 aliphatic carbocycles. The molecule has 2 saturated heterocycles. The van der Waals surface area contributed by atoms with Crippen LogP contribution in [0.2, 0.25) is 5.02 Å². The molecule has 2 fully saturated rings. The van der Waals surface area contributed by atoms with Crippen LogP contribution in [-0.2, 0) is 4.79 Å². The predicted octanol–water partition coefficient (Wildman–Crippen LogP) is 3.76. The third kappa shape index (κ3) is 2.67. The zero-order valence-corrected chi connectivity index (χ0v) is 14.1. The van der Waals surface area contributed by atoms with Gasteiger partial charge in [0.25, 0.3) is 5.69 Å². The highest BCUT2D eigenvalue weighted by atomic mass is 35.5. The van der Waals surface area contributed by atoms with Crippen LogP contribution in [0.3, 0.4) is 0 Å². The molecule has 0 radical (unpaired) electrons. The first-order chi connectivity index (χ1) is 12.1. The van der Waals surface area contributed by atoms with Crippen molar-refractivity contribution in [3.05, 3.63) is 69.2 Å². The van der Waals surface area contributed by atoms with Crippen LogP contribution in [0.5, 0.6) is 0 Å². The van der Waals surface area contributed by atoms with Gasteiger partial charge in [-0.15, -0.1) is 0 Å². The number of fused-ring (bicyclic) bond motifs is 1. The number of hydrogen-bond donors (Lipinski definition) is 0. The number of carbonyl (C=O) groups excluding carboxylic acids is 1. The number of halogens is 1. The lowest BCUT2D eigenvalue weighted by molar-refractivity contribution is -0.384. The molecule has 0 bridgehead atoms. The van der Waals surface area contributed by atoms with Crippen LogP contribution < -0.4 is 4.90 Å². The van der Waals surface area contributed by atoms with Crippen molar-refractivity contribution < 1.29 is 9.72 Å². The fourth-order valence-corrected chi connectivity index (χ4v) is 3.88. The van der Waals surface area contributed by atoms with E-state index >= 15 is 0 Å². The van der Waals surface area contributed by atoms with Crippen molar-refractivity contribution in [3.8, 4) is 0 Å². The van der Waals surface area contributed by atoms with Gasteiger partial charge in [0.2, 0.25) is 5.91 Å². The van der Waals surface area contributed by atoms with E-state index in [9.17, 15) is 14.9 Å². The quantitative estimate of drug-likeness (QED) is 0.619. The zero-order valence-electron chi connectivity index (χ0n) is 13.3. The van der Waals surface area contributed by atoms with Crippen molar-refractivity contribution >= 4 is 28.9 Å².